The number of aromatic nitrogens is 1. The van der Waals surface area contributed by atoms with Gasteiger partial charge in [-0.25, -0.2) is 4.98 Å². The lowest BCUT2D eigenvalue weighted by molar-refractivity contribution is -0.140. The van der Waals surface area contributed by atoms with Gasteiger partial charge in [-0.15, -0.1) is 11.3 Å². The van der Waals surface area contributed by atoms with Gasteiger partial charge in [-0.05, 0) is 46.1 Å². The first-order valence-electron chi connectivity index (χ1n) is 8.46. The lowest BCUT2D eigenvalue weighted by Gasteiger charge is -2.40. The van der Waals surface area contributed by atoms with Gasteiger partial charge in [-0.3, -0.25) is 9.69 Å². The van der Waals surface area contributed by atoms with Crippen LogP contribution in [0.5, 0.6) is 0 Å². The maximum atomic E-state index is 12.4. The molecule has 2 aliphatic rings. The van der Waals surface area contributed by atoms with Gasteiger partial charge in [0.25, 0.3) is 0 Å². The topological polar surface area (TPSA) is 36.4 Å². The van der Waals surface area contributed by atoms with Gasteiger partial charge in [0.2, 0.25) is 5.91 Å². The van der Waals surface area contributed by atoms with Gasteiger partial charge in [-0.1, -0.05) is 6.42 Å². The fourth-order valence-electron chi connectivity index (χ4n) is 3.54. The van der Waals surface area contributed by atoms with Crippen molar-refractivity contribution in [3.05, 3.63) is 15.6 Å². The molecular formula is C17H27N3OS. The van der Waals surface area contributed by atoms with E-state index >= 15 is 0 Å². The second-order valence-electron chi connectivity index (χ2n) is 6.85. The van der Waals surface area contributed by atoms with E-state index in [1.54, 1.807) is 0 Å². The maximum absolute atomic E-state index is 12.4. The van der Waals surface area contributed by atoms with E-state index in [1.165, 1.54) is 23.4 Å². The molecule has 1 aliphatic carbocycles. The van der Waals surface area contributed by atoms with Crippen molar-refractivity contribution in [1.82, 2.24) is 14.8 Å². The van der Waals surface area contributed by atoms with Gasteiger partial charge >= 0.3 is 0 Å². The Bertz CT molecular complexity index is 538. The second kappa shape index (κ2) is 6.67. The lowest BCUT2D eigenvalue weighted by Crippen LogP contribution is -2.50. The van der Waals surface area contributed by atoms with Crippen LogP contribution in [0, 0.1) is 19.8 Å². The van der Waals surface area contributed by atoms with Gasteiger partial charge in [0.15, 0.2) is 0 Å². The lowest BCUT2D eigenvalue weighted by atomic mass is 9.84. The zero-order chi connectivity index (χ0) is 15.7. The molecule has 122 valence electrons. The number of hydrogen-bond acceptors (Lipinski definition) is 4. The number of nitrogens with zero attached hydrogens (tertiary/aromatic N) is 3. The van der Waals surface area contributed by atoms with Crippen LogP contribution in [0.1, 0.15) is 47.7 Å². The Morgan fingerprint density at radius 2 is 2.09 bits per heavy atom. The van der Waals surface area contributed by atoms with Crippen LogP contribution in [0.2, 0.25) is 0 Å². The number of carbonyl (C=O) groups excluding carboxylic acids is 1. The molecule has 0 radical (unpaired) electrons. The third-order valence-corrected chi connectivity index (χ3v) is 6.25. The molecule has 0 spiro atoms. The number of rotatable bonds is 4. The zero-order valence-electron chi connectivity index (χ0n) is 14.0. The third-order valence-electron chi connectivity index (χ3n) is 5.20. The highest BCUT2D eigenvalue weighted by atomic mass is 32.1. The molecule has 4 nitrogen and oxygen atoms in total. The number of likely N-dealkylation sites (tertiary alicyclic amines) is 1. The standard InChI is InChI=1S/C17H27N3OS/c1-12-16(22-13(2)18-12)11-20-9-5-8-15(10-20)19(3)17(21)14-6-4-7-14/h14-15H,4-11H2,1-3H3. The number of piperidine rings is 1. The summed E-state index contributed by atoms with van der Waals surface area (Å²) in [6.45, 7) is 7.31. The Morgan fingerprint density at radius 3 is 2.68 bits per heavy atom. The summed E-state index contributed by atoms with van der Waals surface area (Å²) in [5.74, 6) is 0.690. The summed E-state index contributed by atoms with van der Waals surface area (Å²) in [7, 11) is 2.01. The summed E-state index contributed by atoms with van der Waals surface area (Å²) >= 11 is 1.81. The fraction of sp³-hybridized carbons (Fsp3) is 0.765. The minimum atomic E-state index is 0.312. The van der Waals surface area contributed by atoms with Gasteiger partial charge in [0.1, 0.15) is 0 Å². The van der Waals surface area contributed by atoms with Crippen molar-refractivity contribution < 1.29 is 4.79 Å². The largest absolute Gasteiger partial charge is 0.341 e. The van der Waals surface area contributed by atoms with E-state index in [1.807, 2.05) is 23.3 Å². The molecule has 1 amide bonds. The number of carbonyl (C=O) groups is 1. The van der Waals surface area contributed by atoms with E-state index in [2.05, 4.69) is 23.7 Å². The van der Waals surface area contributed by atoms with Gasteiger partial charge in [-0.2, -0.15) is 0 Å². The quantitative estimate of drug-likeness (QED) is 0.855. The van der Waals surface area contributed by atoms with E-state index in [4.69, 9.17) is 0 Å². The molecule has 22 heavy (non-hydrogen) atoms. The molecule has 1 aromatic heterocycles. The molecule has 2 heterocycles. The van der Waals surface area contributed by atoms with Crippen LogP contribution in [0.4, 0.5) is 0 Å². The van der Waals surface area contributed by atoms with Crippen LogP contribution in [0.15, 0.2) is 0 Å². The van der Waals surface area contributed by atoms with Crippen LogP contribution < -0.4 is 0 Å². The zero-order valence-corrected chi connectivity index (χ0v) is 14.8. The molecule has 1 unspecified atom stereocenters. The summed E-state index contributed by atoms with van der Waals surface area (Å²) in [5.41, 5.74) is 1.17. The normalized spacial score (nSPS) is 23.3. The number of hydrogen-bond donors (Lipinski definition) is 0. The van der Waals surface area contributed by atoms with E-state index in [0.29, 0.717) is 17.9 Å². The van der Waals surface area contributed by atoms with Gasteiger partial charge in [0.05, 0.1) is 10.7 Å². The number of thiazole rings is 1. The third kappa shape index (κ3) is 3.35. The SMILES string of the molecule is Cc1nc(C)c(CN2CCCC(N(C)C(=O)C3CCC3)C2)s1. The van der Waals surface area contributed by atoms with Crippen LogP contribution >= 0.6 is 11.3 Å². The highest BCUT2D eigenvalue weighted by Crippen LogP contribution is 2.30. The van der Waals surface area contributed by atoms with E-state index in [0.717, 1.165) is 43.9 Å². The Morgan fingerprint density at radius 1 is 1.32 bits per heavy atom. The van der Waals surface area contributed by atoms with Crippen LogP contribution in [0.3, 0.4) is 0 Å². The molecule has 2 fully saturated rings. The average Bonchev–Trinajstić information content (AvgIpc) is 2.74. The predicted molar refractivity (Wildman–Crippen MR) is 90.0 cm³/mol. The summed E-state index contributed by atoms with van der Waals surface area (Å²) < 4.78 is 0. The Labute approximate surface area is 137 Å². The molecule has 1 saturated heterocycles. The van der Waals surface area contributed by atoms with Gasteiger partial charge in [0, 0.05) is 37.0 Å². The van der Waals surface area contributed by atoms with Crippen molar-refractivity contribution >= 4 is 17.2 Å². The Kier molecular flexibility index (Phi) is 4.83. The molecule has 5 heteroatoms. The first-order chi connectivity index (χ1) is 10.5. The molecule has 1 aromatic rings. The van der Waals surface area contributed by atoms with Crippen molar-refractivity contribution in [1.29, 1.82) is 0 Å². The predicted octanol–water partition coefficient (Wildman–Crippen LogP) is 2.98. The summed E-state index contributed by atoms with van der Waals surface area (Å²) in [6, 6.07) is 0.385. The molecule has 0 N–H and O–H groups in total. The van der Waals surface area contributed by atoms with Crippen LogP contribution in [-0.2, 0) is 11.3 Å². The van der Waals surface area contributed by atoms with E-state index < -0.39 is 0 Å². The van der Waals surface area contributed by atoms with Crippen molar-refractivity contribution in [2.45, 2.75) is 58.5 Å². The van der Waals surface area contributed by atoms with Crippen molar-refractivity contribution in [3.8, 4) is 0 Å². The summed E-state index contributed by atoms with van der Waals surface area (Å²) in [6.07, 6.45) is 5.75. The fourth-order valence-corrected chi connectivity index (χ4v) is 4.52. The summed E-state index contributed by atoms with van der Waals surface area (Å²) in [5, 5.41) is 1.15. The highest BCUT2D eigenvalue weighted by molar-refractivity contribution is 7.11. The van der Waals surface area contributed by atoms with Crippen molar-refractivity contribution in [2.75, 3.05) is 20.1 Å². The molecule has 1 aliphatic heterocycles. The minimum Gasteiger partial charge on any atom is -0.341 e. The molecule has 0 aromatic carbocycles. The van der Waals surface area contributed by atoms with Crippen molar-refractivity contribution in [3.63, 3.8) is 0 Å². The first kappa shape index (κ1) is 15.9. The van der Waals surface area contributed by atoms with Crippen LogP contribution in [0.25, 0.3) is 0 Å². The maximum Gasteiger partial charge on any atom is 0.225 e. The monoisotopic (exact) mass is 321 g/mol. The summed E-state index contributed by atoms with van der Waals surface area (Å²) in [4.78, 5) is 22.9. The number of likely N-dealkylation sites (N-methyl/N-ethyl adjacent to an activating group) is 1. The molecular weight excluding hydrogens is 294 g/mol. The molecule has 0 bridgehead atoms. The second-order valence-corrected chi connectivity index (χ2v) is 8.14. The molecule has 1 atom stereocenters. The van der Waals surface area contributed by atoms with Crippen molar-refractivity contribution in [2.24, 2.45) is 5.92 Å². The van der Waals surface area contributed by atoms with E-state index in [9.17, 15) is 4.79 Å². The van der Waals surface area contributed by atoms with Crippen LogP contribution in [-0.4, -0.2) is 46.9 Å². The van der Waals surface area contributed by atoms with Gasteiger partial charge < -0.3 is 4.90 Å². The smallest absolute Gasteiger partial charge is 0.225 e. The highest BCUT2D eigenvalue weighted by Gasteiger charge is 2.33. The first-order valence-corrected chi connectivity index (χ1v) is 9.28. The average molecular weight is 321 g/mol. The molecule has 1 saturated carbocycles. The number of amides is 1. The Hall–Kier alpha value is -0.940. The molecule has 3 rings (SSSR count). The Balaban J connectivity index is 1.59. The number of aryl methyl sites for hydroxylation is 2. The minimum absolute atomic E-state index is 0.312. The van der Waals surface area contributed by atoms with E-state index in [-0.39, 0.29) is 0 Å².